The Kier molecular flexibility index (Phi) is 4.40. The summed E-state index contributed by atoms with van der Waals surface area (Å²) >= 11 is 0. The van der Waals surface area contributed by atoms with Crippen molar-refractivity contribution in [3.63, 3.8) is 0 Å². The third-order valence-electron chi connectivity index (χ3n) is 4.81. The van der Waals surface area contributed by atoms with Gasteiger partial charge in [0.05, 0.1) is 5.56 Å². The largest absolute Gasteiger partial charge is 0.360 e. The topological polar surface area (TPSA) is 53.2 Å². The molecule has 22 heavy (non-hydrogen) atoms. The molecule has 2 aromatic rings. The van der Waals surface area contributed by atoms with Crippen LogP contribution in [0.15, 0.2) is 6.20 Å². The zero-order valence-corrected chi connectivity index (χ0v) is 14.3. The molecular weight excluding hydrogens is 276 g/mol. The van der Waals surface area contributed by atoms with E-state index in [9.17, 15) is 9.59 Å². The zero-order valence-electron chi connectivity index (χ0n) is 14.3. The molecule has 1 aromatic carbocycles. The van der Waals surface area contributed by atoms with Crippen LogP contribution in [0.1, 0.15) is 46.5 Å². The van der Waals surface area contributed by atoms with Gasteiger partial charge < -0.3 is 9.88 Å². The van der Waals surface area contributed by atoms with Gasteiger partial charge in [-0.1, -0.05) is 0 Å². The van der Waals surface area contributed by atoms with Crippen LogP contribution in [0.4, 0.5) is 0 Å². The summed E-state index contributed by atoms with van der Waals surface area (Å²) in [4.78, 5) is 29.7. The average molecular weight is 300 g/mol. The van der Waals surface area contributed by atoms with Crippen molar-refractivity contribution in [3.05, 3.63) is 34.0 Å². The number of hydrogen-bond acceptors (Lipinski definition) is 2. The van der Waals surface area contributed by atoms with E-state index in [2.05, 4.69) is 18.8 Å². The Morgan fingerprint density at radius 1 is 0.955 bits per heavy atom. The second-order valence-corrected chi connectivity index (χ2v) is 5.76. The van der Waals surface area contributed by atoms with Crippen LogP contribution in [0.25, 0.3) is 10.9 Å². The number of carbonyl (C=O) groups excluding carboxylic acids is 2. The van der Waals surface area contributed by atoms with E-state index in [1.807, 2.05) is 27.7 Å². The second-order valence-electron chi connectivity index (χ2n) is 5.76. The van der Waals surface area contributed by atoms with Crippen molar-refractivity contribution in [2.24, 2.45) is 0 Å². The summed E-state index contributed by atoms with van der Waals surface area (Å²) in [5, 5.41) is 0.881. The summed E-state index contributed by atoms with van der Waals surface area (Å²) in [6, 6.07) is 0. The van der Waals surface area contributed by atoms with Crippen LogP contribution in [0.2, 0.25) is 0 Å². The summed E-state index contributed by atoms with van der Waals surface area (Å²) in [6.45, 7) is 13.0. The molecule has 1 N–H and O–H groups in total. The number of benzene rings is 1. The number of amides is 1. The van der Waals surface area contributed by atoms with E-state index < -0.39 is 11.7 Å². The number of aromatic nitrogens is 1. The number of ketones is 1. The molecule has 2 rings (SSSR count). The number of nitrogens with one attached hydrogen (secondary N) is 1. The first kappa shape index (κ1) is 16.3. The van der Waals surface area contributed by atoms with Gasteiger partial charge in [-0.05, 0) is 63.8 Å². The van der Waals surface area contributed by atoms with Gasteiger partial charge in [0, 0.05) is 30.2 Å². The van der Waals surface area contributed by atoms with E-state index in [-0.39, 0.29) is 0 Å². The highest BCUT2D eigenvalue weighted by molar-refractivity contribution is 6.45. The maximum absolute atomic E-state index is 12.6. The van der Waals surface area contributed by atoms with E-state index in [4.69, 9.17) is 0 Å². The quantitative estimate of drug-likeness (QED) is 0.694. The maximum atomic E-state index is 12.6. The summed E-state index contributed by atoms with van der Waals surface area (Å²) in [5.41, 5.74) is 6.03. The third kappa shape index (κ3) is 2.32. The van der Waals surface area contributed by atoms with Gasteiger partial charge in [-0.2, -0.15) is 0 Å². The highest BCUT2D eigenvalue weighted by atomic mass is 16.2. The predicted molar refractivity (Wildman–Crippen MR) is 89.5 cm³/mol. The van der Waals surface area contributed by atoms with Crippen LogP contribution < -0.4 is 0 Å². The Hall–Kier alpha value is -2.10. The minimum atomic E-state index is -0.430. The van der Waals surface area contributed by atoms with Crippen LogP contribution in [0, 0.1) is 27.7 Å². The summed E-state index contributed by atoms with van der Waals surface area (Å²) in [7, 11) is 0. The van der Waals surface area contributed by atoms with Crippen molar-refractivity contribution >= 4 is 22.6 Å². The predicted octanol–water partition coefficient (Wildman–Crippen LogP) is 3.45. The number of hydrogen-bond donors (Lipinski definition) is 1. The molecule has 0 aliphatic heterocycles. The van der Waals surface area contributed by atoms with Crippen LogP contribution in [0.3, 0.4) is 0 Å². The molecule has 1 heterocycles. The van der Waals surface area contributed by atoms with Crippen molar-refractivity contribution in [2.45, 2.75) is 41.5 Å². The Morgan fingerprint density at radius 3 is 2.05 bits per heavy atom. The molecule has 0 bridgehead atoms. The monoisotopic (exact) mass is 300 g/mol. The van der Waals surface area contributed by atoms with Crippen molar-refractivity contribution in [3.8, 4) is 0 Å². The first-order chi connectivity index (χ1) is 10.3. The van der Waals surface area contributed by atoms with Gasteiger partial charge in [-0.25, -0.2) is 0 Å². The SMILES string of the molecule is CCN(CC)C(=O)C(=O)c1c[nH]c2c(C)c(C)c(C)c(C)c12. The molecule has 4 nitrogen and oxygen atoms in total. The molecule has 0 unspecified atom stereocenters. The van der Waals surface area contributed by atoms with Crippen LogP contribution in [0.5, 0.6) is 0 Å². The van der Waals surface area contributed by atoms with E-state index >= 15 is 0 Å². The van der Waals surface area contributed by atoms with Gasteiger partial charge >= 0.3 is 0 Å². The Balaban J connectivity index is 2.63. The molecule has 1 aromatic heterocycles. The van der Waals surface area contributed by atoms with Crippen molar-refractivity contribution < 1.29 is 9.59 Å². The summed E-state index contributed by atoms with van der Waals surface area (Å²) < 4.78 is 0. The fourth-order valence-electron chi connectivity index (χ4n) is 2.99. The van der Waals surface area contributed by atoms with E-state index in [1.165, 1.54) is 11.1 Å². The van der Waals surface area contributed by atoms with Crippen LogP contribution in [-0.2, 0) is 4.79 Å². The van der Waals surface area contributed by atoms with Crippen molar-refractivity contribution in [1.29, 1.82) is 0 Å². The zero-order chi connectivity index (χ0) is 16.6. The number of likely N-dealkylation sites (N-methyl/N-ethyl adjacent to an activating group) is 1. The number of rotatable bonds is 4. The van der Waals surface area contributed by atoms with E-state index in [0.29, 0.717) is 18.7 Å². The van der Waals surface area contributed by atoms with Crippen LogP contribution in [-0.4, -0.2) is 34.7 Å². The summed E-state index contributed by atoms with van der Waals surface area (Å²) in [6.07, 6.45) is 1.67. The Labute approximate surface area is 131 Å². The molecular formula is C18H24N2O2. The normalized spacial score (nSPS) is 11.0. The smallest absolute Gasteiger partial charge is 0.295 e. The number of H-pyrrole nitrogens is 1. The fraction of sp³-hybridized carbons (Fsp3) is 0.444. The molecule has 0 atom stereocenters. The first-order valence-electron chi connectivity index (χ1n) is 7.76. The number of carbonyl (C=O) groups is 2. The van der Waals surface area contributed by atoms with Crippen molar-refractivity contribution in [2.75, 3.05) is 13.1 Å². The third-order valence-corrected chi connectivity index (χ3v) is 4.81. The van der Waals surface area contributed by atoms with Gasteiger partial charge in [0.15, 0.2) is 0 Å². The maximum Gasteiger partial charge on any atom is 0.295 e. The molecule has 0 saturated carbocycles. The lowest BCUT2D eigenvalue weighted by Crippen LogP contribution is -2.36. The minimum Gasteiger partial charge on any atom is -0.360 e. The van der Waals surface area contributed by atoms with Crippen molar-refractivity contribution in [1.82, 2.24) is 9.88 Å². The molecule has 0 saturated heterocycles. The van der Waals surface area contributed by atoms with Gasteiger partial charge in [0.25, 0.3) is 11.7 Å². The lowest BCUT2D eigenvalue weighted by molar-refractivity contribution is -0.126. The number of Topliss-reactive ketones (excluding diaryl/α,β-unsaturated/α-hetero) is 1. The lowest BCUT2D eigenvalue weighted by atomic mass is 9.93. The molecule has 0 fully saturated rings. The van der Waals surface area contributed by atoms with Gasteiger partial charge in [0.1, 0.15) is 0 Å². The standard InChI is InChI=1S/C18H24N2O2/c1-7-20(8-2)18(22)17(21)14-9-19-16-13(6)11(4)10(3)12(5)15(14)16/h9,19H,7-8H2,1-6H3. The fourth-order valence-corrected chi connectivity index (χ4v) is 2.99. The molecule has 118 valence electrons. The number of fused-ring (bicyclic) bond motifs is 1. The highest BCUT2D eigenvalue weighted by Crippen LogP contribution is 2.31. The number of nitrogens with zero attached hydrogens (tertiary/aromatic N) is 1. The Morgan fingerprint density at radius 2 is 1.50 bits per heavy atom. The van der Waals surface area contributed by atoms with E-state index in [1.54, 1.807) is 11.1 Å². The van der Waals surface area contributed by atoms with Gasteiger partial charge in [0.2, 0.25) is 0 Å². The first-order valence-corrected chi connectivity index (χ1v) is 7.76. The van der Waals surface area contributed by atoms with E-state index in [0.717, 1.165) is 22.0 Å². The highest BCUT2D eigenvalue weighted by Gasteiger charge is 2.25. The van der Waals surface area contributed by atoms with Gasteiger partial charge in [-0.15, -0.1) is 0 Å². The molecule has 4 heteroatoms. The van der Waals surface area contributed by atoms with Crippen LogP contribution >= 0.6 is 0 Å². The lowest BCUT2D eigenvalue weighted by Gasteiger charge is -2.17. The molecule has 0 spiro atoms. The molecule has 0 aliphatic carbocycles. The Bertz CT molecular complexity index is 752. The number of aromatic amines is 1. The minimum absolute atomic E-state index is 0.429. The number of aryl methyl sites for hydroxylation is 2. The summed E-state index contributed by atoms with van der Waals surface area (Å²) in [5.74, 6) is -0.859. The second kappa shape index (κ2) is 5.95. The van der Waals surface area contributed by atoms with Gasteiger partial charge in [-0.3, -0.25) is 9.59 Å². The molecule has 0 aliphatic rings. The average Bonchev–Trinajstić information content (AvgIpc) is 2.96. The molecule has 1 amide bonds. The molecule has 0 radical (unpaired) electrons.